The number of rotatable bonds is 4. The number of hydrogen-bond donors (Lipinski definition) is 2. The first kappa shape index (κ1) is 14.4. The fourth-order valence-corrected chi connectivity index (χ4v) is 1.73. The van der Waals surface area contributed by atoms with E-state index >= 15 is 0 Å². The monoisotopic (exact) mass is 281 g/mol. The number of nitrogens with zero attached hydrogens (tertiary/aromatic N) is 1. The Morgan fingerprint density at radius 1 is 1.29 bits per heavy atom. The molecule has 0 spiro atoms. The third kappa shape index (κ3) is 3.98. The molecule has 1 amide bonds. The zero-order valence-corrected chi connectivity index (χ0v) is 11.6. The Bertz CT molecular complexity index is 688. The van der Waals surface area contributed by atoms with E-state index in [4.69, 9.17) is 15.7 Å². The Morgan fingerprint density at radius 2 is 2.00 bits per heavy atom. The predicted octanol–water partition coefficient (Wildman–Crippen LogP) is 2.47. The summed E-state index contributed by atoms with van der Waals surface area (Å²) >= 11 is 0. The van der Waals surface area contributed by atoms with E-state index in [0.717, 1.165) is 5.56 Å². The van der Waals surface area contributed by atoms with Crippen molar-refractivity contribution in [3.05, 3.63) is 53.6 Å². The maximum atomic E-state index is 11.8. The lowest BCUT2D eigenvalue weighted by molar-refractivity contribution is -0.118. The summed E-state index contributed by atoms with van der Waals surface area (Å²) in [5, 5.41) is 11.5. The van der Waals surface area contributed by atoms with Crippen LogP contribution in [-0.2, 0) is 4.79 Å². The molecule has 0 aliphatic carbocycles. The van der Waals surface area contributed by atoms with Gasteiger partial charge in [-0.05, 0) is 37.3 Å². The van der Waals surface area contributed by atoms with E-state index in [1.807, 2.05) is 37.3 Å². The Hall–Kier alpha value is -3.00. The number of nitriles is 1. The number of carbonyl (C=O) groups excluding carboxylic acids is 1. The third-order valence-electron chi connectivity index (χ3n) is 2.83. The second kappa shape index (κ2) is 6.44. The molecule has 106 valence electrons. The van der Waals surface area contributed by atoms with Crippen molar-refractivity contribution < 1.29 is 9.53 Å². The van der Waals surface area contributed by atoms with Crippen molar-refractivity contribution in [1.82, 2.24) is 0 Å². The van der Waals surface area contributed by atoms with Crippen molar-refractivity contribution in [2.24, 2.45) is 0 Å². The van der Waals surface area contributed by atoms with Gasteiger partial charge in [0.25, 0.3) is 5.91 Å². The first-order valence-corrected chi connectivity index (χ1v) is 6.37. The van der Waals surface area contributed by atoms with Crippen molar-refractivity contribution in [3.63, 3.8) is 0 Å². The molecule has 5 nitrogen and oxygen atoms in total. The standard InChI is InChI=1S/C16H15N3O2/c1-11-2-5-13(6-3-11)19-16(20)10-21-15-7-4-12(9-17)8-14(15)18/h2-8H,10,18H2,1H3,(H,19,20). The quantitative estimate of drug-likeness (QED) is 0.843. The van der Waals surface area contributed by atoms with Crippen LogP contribution >= 0.6 is 0 Å². The Morgan fingerprint density at radius 3 is 2.62 bits per heavy atom. The number of hydrogen-bond acceptors (Lipinski definition) is 4. The van der Waals surface area contributed by atoms with E-state index in [1.165, 1.54) is 6.07 Å². The summed E-state index contributed by atoms with van der Waals surface area (Å²) in [6.45, 7) is 1.83. The molecule has 0 fully saturated rings. The number of nitrogen functional groups attached to an aromatic ring is 1. The number of aryl methyl sites for hydroxylation is 1. The molecule has 5 heteroatoms. The molecule has 0 heterocycles. The smallest absolute Gasteiger partial charge is 0.262 e. The van der Waals surface area contributed by atoms with Crippen LogP contribution in [0.5, 0.6) is 5.75 Å². The van der Waals surface area contributed by atoms with E-state index in [2.05, 4.69) is 5.32 Å². The predicted molar refractivity (Wildman–Crippen MR) is 80.9 cm³/mol. The van der Waals surface area contributed by atoms with Crippen molar-refractivity contribution in [1.29, 1.82) is 5.26 Å². The number of ether oxygens (including phenoxy) is 1. The maximum absolute atomic E-state index is 11.8. The third-order valence-corrected chi connectivity index (χ3v) is 2.83. The van der Waals surface area contributed by atoms with Gasteiger partial charge in [0.1, 0.15) is 5.75 Å². The molecule has 2 aromatic carbocycles. The number of nitrogens with two attached hydrogens (primary N) is 1. The van der Waals surface area contributed by atoms with Crippen molar-refractivity contribution in [2.75, 3.05) is 17.7 Å². The van der Waals surface area contributed by atoms with Crippen LogP contribution in [0.1, 0.15) is 11.1 Å². The number of nitrogens with one attached hydrogen (secondary N) is 1. The first-order chi connectivity index (χ1) is 10.1. The van der Waals surface area contributed by atoms with Crippen LogP contribution < -0.4 is 15.8 Å². The van der Waals surface area contributed by atoms with Crippen LogP contribution in [0.3, 0.4) is 0 Å². The van der Waals surface area contributed by atoms with Crippen molar-refractivity contribution in [3.8, 4) is 11.8 Å². The highest BCUT2D eigenvalue weighted by molar-refractivity contribution is 5.91. The van der Waals surface area contributed by atoms with Gasteiger partial charge in [-0.1, -0.05) is 17.7 Å². The van der Waals surface area contributed by atoms with Crippen LogP contribution in [0.4, 0.5) is 11.4 Å². The summed E-state index contributed by atoms with van der Waals surface area (Å²) in [6.07, 6.45) is 0. The van der Waals surface area contributed by atoms with Crippen LogP contribution in [0.15, 0.2) is 42.5 Å². The van der Waals surface area contributed by atoms with Crippen molar-refractivity contribution in [2.45, 2.75) is 6.92 Å². The van der Waals surface area contributed by atoms with Gasteiger partial charge in [-0.25, -0.2) is 0 Å². The average molecular weight is 281 g/mol. The number of amides is 1. The van der Waals surface area contributed by atoms with Gasteiger partial charge in [-0.2, -0.15) is 5.26 Å². The Labute approximate surface area is 123 Å². The molecule has 0 aliphatic rings. The molecule has 2 rings (SSSR count). The molecule has 3 N–H and O–H groups in total. The van der Waals surface area contributed by atoms with Crippen LogP contribution in [-0.4, -0.2) is 12.5 Å². The molecule has 0 aromatic heterocycles. The SMILES string of the molecule is Cc1ccc(NC(=O)COc2ccc(C#N)cc2N)cc1. The molecule has 0 atom stereocenters. The van der Waals surface area contributed by atoms with Crippen LogP contribution in [0.2, 0.25) is 0 Å². The highest BCUT2D eigenvalue weighted by atomic mass is 16.5. The summed E-state index contributed by atoms with van der Waals surface area (Å²) in [5.41, 5.74) is 8.35. The largest absolute Gasteiger partial charge is 0.482 e. The summed E-state index contributed by atoms with van der Waals surface area (Å²) < 4.78 is 5.35. The summed E-state index contributed by atoms with van der Waals surface area (Å²) in [6, 6.07) is 14.1. The van der Waals surface area contributed by atoms with Crippen molar-refractivity contribution >= 4 is 17.3 Å². The fourth-order valence-electron chi connectivity index (χ4n) is 1.73. The molecule has 21 heavy (non-hydrogen) atoms. The number of anilines is 2. The summed E-state index contributed by atoms with van der Waals surface area (Å²) in [7, 11) is 0. The number of benzene rings is 2. The van der Waals surface area contributed by atoms with E-state index in [1.54, 1.807) is 12.1 Å². The maximum Gasteiger partial charge on any atom is 0.262 e. The zero-order valence-electron chi connectivity index (χ0n) is 11.6. The summed E-state index contributed by atoms with van der Waals surface area (Å²) in [4.78, 5) is 11.8. The summed E-state index contributed by atoms with van der Waals surface area (Å²) in [5.74, 6) is 0.107. The van der Waals surface area contributed by atoms with E-state index in [9.17, 15) is 4.79 Å². The minimum absolute atomic E-state index is 0.149. The van der Waals surface area contributed by atoms with Gasteiger partial charge >= 0.3 is 0 Å². The molecule has 0 radical (unpaired) electrons. The van der Waals surface area contributed by atoms with Crippen LogP contribution in [0, 0.1) is 18.3 Å². The van der Waals surface area contributed by atoms with Gasteiger partial charge < -0.3 is 15.8 Å². The second-order valence-corrected chi connectivity index (χ2v) is 4.57. The Balaban J connectivity index is 1.92. The lowest BCUT2D eigenvalue weighted by Crippen LogP contribution is -2.20. The lowest BCUT2D eigenvalue weighted by Gasteiger charge is -2.09. The normalized spacial score (nSPS) is 9.71. The van der Waals surface area contributed by atoms with Crippen LogP contribution in [0.25, 0.3) is 0 Å². The molecular weight excluding hydrogens is 266 g/mol. The van der Waals surface area contributed by atoms with Gasteiger partial charge in [0.05, 0.1) is 17.3 Å². The molecule has 0 saturated heterocycles. The fraction of sp³-hybridized carbons (Fsp3) is 0.125. The van der Waals surface area contributed by atoms with E-state index in [0.29, 0.717) is 22.7 Å². The minimum atomic E-state index is -0.275. The van der Waals surface area contributed by atoms with Gasteiger partial charge in [0.15, 0.2) is 6.61 Å². The lowest BCUT2D eigenvalue weighted by atomic mass is 10.2. The molecule has 0 bridgehead atoms. The molecule has 0 aliphatic heterocycles. The van der Waals surface area contributed by atoms with E-state index < -0.39 is 0 Å². The molecule has 2 aromatic rings. The van der Waals surface area contributed by atoms with Gasteiger partial charge in [0, 0.05) is 5.69 Å². The highest BCUT2D eigenvalue weighted by Gasteiger charge is 2.06. The second-order valence-electron chi connectivity index (χ2n) is 4.57. The van der Waals surface area contributed by atoms with Gasteiger partial charge in [0.2, 0.25) is 0 Å². The number of carbonyl (C=O) groups is 1. The zero-order chi connectivity index (χ0) is 15.2. The Kier molecular flexibility index (Phi) is 4.42. The van der Waals surface area contributed by atoms with E-state index in [-0.39, 0.29) is 12.5 Å². The first-order valence-electron chi connectivity index (χ1n) is 6.37. The minimum Gasteiger partial charge on any atom is -0.482 e. The average Bonchev–Trinajstić information content (AvgIpc) is 2.48. The molecular formula is C16H15N3O2. The molecule has 0 saturated carbocycles. The topological polar surface area (TPSA) is 88.1 Å². The van der Waals surface area contributed by atoms with Gasteiger partial charge in [-0.15, -0.1) is 0 Å². The molecule has 0 unspecified atom stereocenters. The van der Waals surface area contributed by atoms with Gasteiger partial charge in [-0.3, -0.25) is 4.79 Å². The highest BCUT2D eigenvalue weighted by Crippen LogP contribution is 2.22.